The number of nitrogens with two attached hydrogens (primary N) is 1. The number of nitrogens with one attached hydrogen (secondary N) is 1. The summed E-state index contributed by atoms with van der Waals surface area (Å²) in [7, 11) is 0. The molecule has 0 saturated heterocycles. The number of amides is 1. The molecule has 8 heteroatoms. The zero-order chi connectivity index (χ0) is 20.8. The Hall–Kier alpha value is -3.33. The van der Waals surface area contributed by atoms with E-state index in [0.717, 1.165) is 22.2 Å². The molecular formula is C21H17N5OS2. The minimum Gasteiger partial charge on any atom is -0.383 e. The Labute approximate surface area is 177 Å². The largest absolute Gasteiger partial charge is 0.383 e. The van der Waals surface area contributed by atoms with Crippen LogP contribution in [0.1, 0.15) is 29.7 Å². The van der Waals surface area contributed by atoms with Crippen molar-refractivity contribution in [1.29, 1.82) is 10.5 Å². The van der Waals surface area contributed by atoms with E-state index in [1.165, 1.54) is 11.3 Å². The normalized spacial score (nSPS) is 11.3. The number of hydrogen-bond acceptors (Lipinski definition) is 7. The Balaban J connectivity index is 1.82. The zero-order valence-corrected chi connectivity index (χ0v) is 17.2. The SMILES string of the molecule is C[C@H](NC(=O)CSc1nc(N)c(C#N)c(-c2cccs2)c1C#N)c1ccccc1. The van der Waals surface area contributed by atoms with Crippen molar-refractivity contribution in [1.82, 2.24) is 10.3 Å². The first-order valence-electron chi connectivity index (χ1n) is 8.69. The van der Waals surface area contributed by atoms with Crippen molar-refractivity contribution in [2.75, 3.05) is 11.5 Å². The topological polar surface area (TPSA) is 116 Å². The molecule has 3 aromatic rings. The van der Waals surface area contributed by atoms with Gasteiger partial charge in [-0.1, -0.05) is 48.2 Å². The van der Waals surface area contributed by atoms with E-state index in [9.17, 15) is 15.3 Å². The Morgan fingerprint density at radius 1 is 1.21 bits per heavy atom. The highest BCUT2D eigenvalue weighted by atomic mass is 32.2. The van der Waals surface area contributed by atoms with Crippen molar-refractivity contribution >= 4 is 34.8 Å². The molecule has 2 aromatic heterocycles. The highest BCUT2D eigenvalue weighted by Gasteiger charge is 2.22. The van der Waals surface area contributed by atoms with Gasteiger partial charge in [-0.2, -0.15) is 10.5 Å². The number of pyridine rings is 1. The monoisotopic (exact) mass is 419 g/mol. The molecule has 0 radical (unpaired) electrons. The fraction of sp³-hybridized carbons (Fsp3) is 0.143. The molecule has 0 unspecified atom stereocenters. The van der Waals surface area contributed by atoms with E-state index in [4.69, 9.17) is 5.73 Å². The first-order valence-corrected chi connectivity index (χ1v) is 10.6. The molecule has 29 heavy (non-hydrogen) atoms. The van der Waals surface area contributed by atoms with Gasteiger partial charge >= 0.3 is 0 Å². The van der Waals surface area contributed by atoms with Crippen LogP contribution in [-0.4, -0.2) is 16.6 Å². The van der Waals surface area contributed by atoms with Crippen molar-refractivity contribution in [2.24, 2.45) is 0 Å². The first-order chi connectivity index (χ1) is 14.0. The standard InChI is InChI=1S/C21H17N5OS2/c1-13(14-6-3-2-4-7-14)25-18(27)12-29-21-16(11-23)19(17-8-5-9-28-17)15(10-22)20(24)26-21/h2-9,13H,12H2,1H3,(H2,24,26)(H,25,27)/t13-/m0/s1. The van der Waals surface area contributed by atoms with Crippen LogP contribution in [0.5, 0.6) is 0 Å². The Morgan fingerprint density at radius 2 is 1.93 bits per heavy atom. The number of nitriles is 2. The summed E-state index contributed by atoms with van der Waals surface area (Å²) in [5, 5.41) is 24.3. The summed E-state index contributed by atoms with van der Waals surface area (Å²) in [6, 6.07) is 17.3. The minimum absolute atomic E-state index is 0.0514. The molecule has 1 aromatic carbocycles. The van der Waals surface area contributed by atoms with Crippen LogP contribution in [0.2, 0.25) is 0 Å². The quantitative estimate of drug-likeness (QED) is 0.581. The molecule has 0 bridgehead atoms. The fourth-order valence-corrected chi connectivity index (χ4v) is 4.40. The summed E-state index contributed by atoms with van der Waals surface area (Å²) < 4.78 is 0. The molecule has 144 valence electrons. The van der Waals surface area contributed by atoms with Crippen molar-refractivity contribution < 1.29 is 4.79 Å². The minimum atomic E-state index is -0.183. The van der Waals surface area contributed by atoms with Gasteiger partial charge in [-0.15, -0.1) is 11.3 Å². The van der Waals surface area contributed by atoms with E-state index in [0.29, 0.717) is 10.6 Å². The molecule has 0 spiro atoms. The van der Waals surface area contributed by atoms with Crippen molar-refractivity contribution in [3.05, 3.63) is 64.5 Å². The van der Waals surface area contributed by atoms with E-state index >= 15 is 0 Å². The second-order valence-electron chi connectivity index (χ2n) is 6.12. The van der Waals surface area contributed by atoms with Gasteiger partial charge in [-0.25, -0.2) is 4.98 Å². The number of nitrogens with zero attached hydrogens (tertiary/aromatic N) is 3. The van der Waals surface area contributed by atoms with Gasteiger partial charge in [0, 0.05) is 10.4 Å². The number of carbonyl (C=O) groups is 1. The molecule has 0 aliphatic heterocycles. The average molecular weight is 420 g/mol. The highest BCUT2D eigenvalue weighted by molar-refractivity contribution is 8.00. The fourth-order valence-electron chi connectivity index (χ4n) is 2.81. The lowest BCUT2D eigenvalue weighted by Gasteiger charge is -2.15. The third kappa shape index (κ3) is 4.57. The van der Waals surface area contributed by atoms with Crippen LogP contribution in [0.25, 0.3) is 10.4 Å². The van der Waals surface area contributed by atoms with Gasteiger partial charge in [-0.05, 0) is 23.9 Å². The summed E-state index contributed by atoms with van der Waals surface area (Å²) >= 11 is 2.54. The summed E-state index contributed by atoms with van der Waals surface area (Å²) in [6.45, 7) is 1.91. The van der Waals surface area contributed by atoms with E-state index in [1.807, 2.05) is 60.8 Å². The lowest BCUT2D eigenvalue weighted by molar-refractivity contribution is -0.119. The number of thioether (sulfide) groups is 1. The second-order valence-corrected chi connectivity index (χ2v) is 8.03. The number of hydrogen-bond donors (Lipinski definition) is 2. The number of anilines is 1. The summed E-state index contributed by atoms with van der Waals surface area (Å²) in [4.78, 5) is 17.4. The lowest BCUT2D eigenvalue weighted by Crippen LogP contribution is -2.28. The summed E-state index contributed by atoms with van der Waals surface area (Å²) in [5.41, 5.74) is 7.88. The zero-order valence-electron chi connectivity index (χ0n) is 15.5. The molecule has 1 atom stereocenters. The molecule has 1 amide bonds. The number of nitrogen functional groups attached to an aromatic ring is 1. The molecule has 2 heterocycles. The number of thiophene rings is 1. The molecule has 0 saturated carbocycles. The molecule has 0 aliphatic rings. The highest BCUT2D eigenvalue weighted by Crippen LogP contribution is 2.37. The molecule has 3 N–H and O–H groups in total. The lowest BCUT2D eigenvalue weighted by atomic mass is 10.0. The van der Waals surface area contributed by atoms with Gasteiger partial charge in [0.1, 0.15) is 28.5 Å². The maximum absolute atomic E-state index is 12.4. The van der Waals surface area contributed by atoms with Crippen LogP contribution in [0, 0.1) is 22.7 Å². The van der Waals surface area contributed by atoms with E-state index in [1.54, 1.807) is 0 Å². The van der Waals surface area contributed by atoms with Crippen LogP contribution in [0.15, 0.2) is 52.9 Å². The van der Waals surface area contributed by atoms with Gasteiger partial charge in [0.25, 0.3) is 0 Å². The molecule has 6 nitrogen and oxygen atoms in total. The smallest absolute Gasteiger partial charge is 0.230 e. The maximum Gasteiger partial charge on any atom is 0.230 e. The molecule has 0 aliphatic carbocycles. The number of carbonyl (C=O) groups excluding carboxylic acids is 1. The number of aromatic nitrogens is 1. The average Bonchev–Trinajstić information content (AvgIpc) is 3.26. The van der Waals surface area contributed by atoms with Gasteiger partial charge in [0.05, 0.1) is 17.4 Å². The van der Waals surface area contributed by atoms with Crippen molar-refractivity contribution in [2.45, 2.75) is 18.0 Å². The van der Waals surface area contributed by atoms with E-state index in [-0.39, 0.29) is 34.6 Å². The summed E-state index contributed by atoms with van der Waals surface area (Å²) in [5.74, 6) is -0.0539. The molecule has 0 fully saturated rings. The van der Waals surface area contributed by atoms with Crippen molar-refractivity contribution in [3.63, 3.8) is 0 Å². The number of rotatable bonds is 6. The van der Waals surface area contributed by atoms with Gasteiger partial charge in [0.2, 0.25) is 5.91 Å². The van der Waals surface area contributed by atoms with Crippen LogP contribution in [0.3, 0.4) is 0 Å². The van der Waals surface area contributed by atoms with Crippen LogP contribution in [-0.2, 0) is 4.79 Å². The molecule has 3 rings (SSSR count). The van der Waals surface area contributed by atoms with Gasteiger partial charge in [-0.3, -0.25) is 4.79 Å². The van der Waals surface area contributed by atoms with Crippen LogP contribution < -0.4 is 11.1 Å². The van der Waals surface area contributed by atoms with Crippen molar-refractivity contribution in [3.8, 4) is 22.6 Å². The van der Waals surface area contributed by atoms with E-state index in [2.05, 4.69) is 16.4 Å². The Morgan fingerprint density at radius 3 is 2.55 bits per heavy atom. The Bertz CT molecular complexity index is 1100. The predicted molar refractivity (Wildman–Crippen MR) is 115 cm³/mol. The predicted octanol–water partition coefficient (Wildman–Crippen LogP) is 4.11. The van der Waals surface area contributed by atoms with E-state index < -0.39 is 0 Å². The molecular weight excluding hydrogens is 402 g/mol. The number of benzene rings is 1. The third-order valence-electron chi connectivity index (χ3n) is 4.20. The summed E-state index contributed by atoms with van der Waals surface area (Å²) in [6.07, 6.45) is 0. The maximum atomic E-state index is 12.4. The van der Waals surface area contributed by atoms with Crippen LogP contribution >= 0.6 is 23.1 Å². The van der Waals surface area contributed by atoms with Gasteiger partial charge < -0.3 is 11.1 Å². The Kier molecular flexibility index (Phi) is 6.50. The van der Waals surface area contributed by atoms with Crippen LogP contribution in [0.4, 0.5) is 5.82 Å². The third-order valence-corrected chi connectivity index (χ3v) is 6.06. The van der Waals surface area contributed by atoms with Gasteiger partial charge in [0.15, 0.2) is 0 Å². The first kappa shape index (κ1) is 20.4. The second kappa shape index (κ2) is 9.24.